The Kier molecular flexibility index (Phi) is 3.89. The van der Waals surface area contributed by atoms with E-state index in [0.717, 1.165) is 31.9 Å². The second-order valence-corrected chi connectivity index (χ2v) is 4.33. The third kappa shape index (κ3) is 2.72. The molecule has 1 aromatic carbocycles. The fourth-order valence-electron chi connectivity index (χ4n) is 2.34. The molecule has 2 rings (SSSR count). The highest BCUT2D eigenvalue weighted by Gasteiger charge is 2.21. The zero-order chi connectivity index (χ0) is 12.3. The highest BCUT2D eigenvalue weighted by Crippen LogP contribution is 2.32. The van der Waals surface area contributed by atoms with Crippen LogP contribution < -0.4 is 5.32 Å². The zero-order valence-electron chi connectivity index (χ0n) is 9.97. The van der Waals surface area contributed by atoms with E-state index in [0.29, 0.717) is 5.56 Å². The van der Waals surface area contributed by atoms with E-state index in [1.54, 1.807) is 0 Å². The minimum absolute atomic E-state index is 0.108. The molecule has 0 aromatic heterocycles. The van der Waals surface area contributed by atoms with Crippen molar-refractivity contribution in [2.24, 2.45) is 0 Å². The number of allylic oxidation sites excluding steroid dienone is 1. The van der Waals surface area contributed by atoms with Crippen molar-refractivity contribution < 1.29 is 8.78 Å². The normalized spacial score (nSPS) is 17.0. The molecule has 0 amide bonds. The number of likely N-dealkylation sites (N-methyl/N-ethyl adjacent to an activating group) is 1. The van der Waals surface area contributed by atoms with E-state index in [2.05, 4.69) is 11.4 Å². The topological polar surface area (TPSA) is 12.0 Å². The first-order chi connectivity index (χ1) is 8.22. The van der Waals surface area contributed by atoms with Gasteiger partial charge in [0, 0.05) is 11.6 Å². The average molecular weight is 237 g/mol. The van der Waals surface area contributed by atoms with E-state index in [9.17, 15) is 8.78 Å². The lowest BCUT2D eigenvalue weighted by Gasteiger charge is -2.20. The zero-order valence-corrected chi connectivity index (χ0v) is 9.97. The fourth-order valence-corrected chi connectivity index (χ4v) is 2.34. The first-order valence-corrected chi connectivity index (χ1v) is 6.09. The molecule has 0 spiro atoms. The smallest absolute Gasteiger partial charge is 0.131 e. The molecule has 0 saturated heterocycles. The molecule has 1 aliphatic rings. The van der Waals surface area contributed by atoms with Gasteiger partial charge >= 0.3 is 0 Å². The van der Waals surface area contributed by atoms with Gasteiger partial charge in [0.1, 0.15) is 11.6 Å². The SMILES string of the molecule is CCNC(C1=CCCC1)c1ccc(F)cc1F. The van der Waals surface area contributed by atoms with E-state index in [1.807, 2.05) is 6.92 Å². The Hall–Kier alpha value is -1.22. The lowest BCUT2D eigenvalue weighted by atomic mass is 9.97. The van der Waals surface area contributed by atoms with Crippen LogP contribution in [-0.2, 0) is 0 Å². The standard InChI is InChI=1S/C14H17F2N/c1-2-17-14(10-5-3-4-6-10)12-8-7-11(15)9-13(12)16/h5,7-9,14,17H,2-4,6H2,1H3. The van der Waals surface area contributed by atoms with Gasteiger partial charge in [-0.3, -0.25) is 0 Å². The molecule has 0 saturated carbocycles. The summed E-state index contributed by atoms with van der Waals surface area (Å²) in [7, 11) is 0. The lowest BCUT2D eigenvalue weighted by Crippen LogP contribution is -2.23. The van der Waals surface area contributed by atoms with Crippen LogP contribution >= 0.6 is 0 Å². The molecular weight excluding hydrogens is 220 g/mol. The third-order valence-corrected chi connectivity index (χ3v) is 3.13. The summed E-state index contributed by atoms with van der Waals surface area (Å²) in [5.74, 6) is -0.995. The summed E-state index contributed by atoms with van der Waals surface area (Å²) >= 11 is 0. The number of rotatable bonds is 4. The maximum Gasteiger partial charge on any atom is 0.131 e. The van der Waals surface area contributed by atoms with E-state index >= 15 is 0 Å². The quantitative estimate of drug-likeness (QED) is 0.787. The molecule has 0 heterocycles. The van der Waals surface area contributed by atoms with Crippen molar-refractivity contribution in [3.05, 3.63) is 47.0 Å². The maximum absolute atomic E-state index is 13.8. The number of hydrogen-bond donors (Lipinski definition) is 1. The highest BCUT2D eigenvalue weighted by atomic mass is 19.1. The van der Waals surface area contributed by atoms with Gasteiger partial charge in [-0.1, -0.05) is 24.6 Å². The molecule has 0 bridgehead atoms. The Morgan fingerprint density at radius 2 is 2.18 bits per heavy atom. The number of benzene rings is 1. The van der Waals surface area contributed by atoms with Gasteiger partial charge in [0.05, 0.1) is 6.04 Å². The van der Waals surface area contributed by atoms with Crippen LogP contribution in [0.15, 0.2) is 29.8 Å². The minimum atomic E-state index is -0.526. The van der Waals surface area contributed by atoms with Gasteiger partial charge in [0.2, 0.25) is 0 Å². The molecule has 92 valence electrons. The molecule has 1 atom stereocenters. The monoisotopic (exact) mass is 237 g/mol. The molecular formula is C14H17F2N. The van der Waals surface area contributed by atoms with Crippen LogP contribution in [0.4, 0.5) is 8.78 Å². The van der Waals surface area contributed by atoms with Crippen molar-refractivity contribution in [1.82, 2.24) is 5.32 Å². The molecule has 0 fully saturated rings. The number of nitrogens with one attached hydrogen (secondary N) is 1. The second-order valence-electron chi connectivity index (χ2n) is 4.33. The summed E-state index contributed by atoms with van der Waals surface area (Å²) in [6.07, 6.45) is 5.34. The first kappa shape index (κ1) is 12.2. The van der Waals surface area contributed by atoms with Crippen molar-refractivity contribution >= 4 is 0 Å². The van der Waals surface area contributed by atoms with Gasteiger partial charge in [-0.2, -0.15) is 0 Å². The average Bonchev–Trinajstić information content (AvgIpc) is 2.80. The summed E-state index contributed by atoms with van der Waals surface area (Å²) in [6, 6.07) is 3.70. The fraction of sp³-hybridized carbons (Fsp3) is 0.429. The summed E-state index contributed by atoms with van der Waals surface area (Å²) in [5.41, 5.74) is 1.76. The van der Waals surface area contributed by atoms with E-state index in [1.165, 1.54) is 17.7 Å². The number of hydrogen-bond acceptors (Lipinski definition) is 1. The molecule has 0 aliphatic heterocycles. The third-order valence-electron chi connectivity index (χ3n) is 3.13. The minimum Gasteiger partial charge on any atom is -0.307 e. The molecule has 17 heavy (non-hydrogen) atoms. The Morgan fingerprint density at radius 3 is 2.76 bits per heavy atom. The number of halogens is 2. The van der Waals surface area contributed by atoms with Gasteiger partial charge in [-0.25, -0.2) is 8.78 Å². The van der Waals surface area contributed by atoms with E-state index in [-0.39, 0.29) is 6.04 Å². The van der Waals surface area contributed by atoms with Crippen molar-refractivity contribution in [2.75, 3.05) is 6.54 Å². The van der Waals surface area contributed by atoms with Crippen LogP contribution in [0.1, 0.15) is 37.8 Å². The molecule has 0 radical (unpaired) electrons. The van der Waals surface area contributed by atoms with E-state index < -0.39 is 11.6 Å². The van der Waals surface area contributed by atoms with E-state index in [4.69, 9.17) is 0 Å². The van der Waals surface area contributed by atoms with Crippen molar-refractivity contribution in [3.8, 4) is 0 Å². The van der Waals surface area contributed by atoms with Gasteiger partial charge in [0.15, 0.2) is 0 Å². The van der Waals surface area contributed by atoms with Gasteiger partial charge < -0.3 is 5.32 Å². The maximum atomic E-state index is 13.8. The summed E-state index contributed by atoms with van der Waals surface area (Å²) < 4.78 is 26.7. The van der Waals surface area contributed by atoms with Gasteiger partial charge in [-0.15, -0.1) is 0 Å². The van der Waals surface area contributed by atoms with Crippen LogP contribution in [-0.4, -0.2) is 6.54 Å². The Balaban J connectivity index is 2.31. The predicted molar refractivity (Wildman–Crippen MR) is 64.7 cm³/mol. The van der Waals surface area contributed by atoms with Gasteiger partial charge in [-0.05, 0) is 31.9 Å². The summed E-state index contributed by atoms with van der Waals surface area (Å²) in [6.45, 7) is 2.75. The molecule has 1 unspecified atom stereocenters. The molecule has 1 N–H and O–H groups in total. The Labute approximate surface area is 101 Å². The van der Waals surface area contributed by atoms with Crippen LogP contribution in [0.2, 0.25) is 0 Å². The molecule has 3 heteroatoms. The van der Waals surface area contributed by atoms with Crippen LogP contribution in [0.3, 0.4) is 0 Å². The van der Waals surface area contributed by atoms with Gasteiger partial charge in [0.25, 0.3) is 0 Å². The summed E-state index contributed by atoms with van der Waals surface area (Å²) in [4.78, 5) is 0. The van der Waals surface area contributed by atoms with Crippen molar-refractivity contribution in [1.29, 1.82) is 0 Å². The van der Waals surface area contributed by atoms with Crippen LogP contribution in [0, 0.1) is 11.6 Å². The second kappa shape index (κ2) is 5.41. The van der Waals surface area contributed by atoms with Crippen molar-refractivity contribution in [3.63, 3.8) is 0 Å². The lowest BCUT2D eigenvalue weighted by molar-refractivity contribution is 0.533. The van der Waals surface area contributed by atoms with Crippen LogP contribution in [0.5, 0.6) is 0 Å². The molecule has 1 nitrogen and oxygen atoms in total. The molecule has 1 aliphatic carbocycles. The summed E-state index contributed by atoms with van der Waals surface area (Å²) in [5, 5.41) is 3.27. The molecule has 1 aromatic rings. The first-order valence-electron chi connectivity index (χ1n) is 6.09. The van der Waals surface area contributed by atoms with Crippen LogP contribution in [0.25, 0.3) is 0 Å². The Bertz CT molecular complexity index is 426. The highest BCUT2D eigenvalue weighted by molar-refractivity contribution is 5.31. The van der Waals surface area contributed by atoms with Crippen molar-refractivity contribution in [2.45, 2.75) is 32.2 Å². The largest absolute Gasteiger partial charge is 0.307 e. The Morgan fingerprint density at radius 1 is 1.35 bits per heavy atom. The predicted octanol–water partition coefficient (Wildman–Crippen LogP) is 3.73.